The largest absolute Gasteiger partial charge is 0.457 e. The lowest BCUT2D eigenvalue weighted by atomic mass is 9.95. The highest BCUT2D eigenvalue weighted by Crippen LogP contribution is 2.28. The Balaban J connectivity index is 1.55. The van der Waals surface area contributed by atoms with E-state index in [4.69, 9.17) is 10.5 Å². The van der Waals surface area contributed by atoms with Gasteiger partial charge in [-0.05, 0) is 41.0 Å². The average molecular weight is 459 g/mol. The van der Waals surface area contributed by atoms with Crippen LogP contribution in [-0.2, 0) is 15.8 Å². The van der Waals surface area contributed by atoms with Gasteiger partial charge in [0.2, 0.25) is 10.0 Å². The van der Waals surface area contributed by atoms with E-state index in [1.54, 1.807) is 24.3 Å². The molecule has 3 N–H and O–H groups in total. The van der Waals surface area contributed by atoms with Gasteiger partial charge in [-0.25, -0.2) is 13.1 Å². The molecule has 6 heteroatoms. The number of rotatable bonds is 9. The molecule has 0 saturated heterocycles. The van der Waals surface area contributed by atoms with Gasteiger partial charge in [0.15, 0.2) is 0 Å². The summed E-state index contributed by atoms with van der Waals surface area (Å²) in [6, 6.07) is 34.2. The minimum Gasteiger partial charge on any atom is -0.457 e. The van der Waals surface area contributed by atoms with Crippen LogP contribution in [-0.4, -0.2) is 8.42 Å². The second-order valence-corrected chi connectivity index (χ2v) is 9.52. The summed E-state index contributed by atoms with van der Waals surface area (Å²) in [4.78, 5) is 0. The van der Waals surface area contributed by atoms with Crippen molar-refractivity contribution in [2.45, 2.75) is 17.8 Å². The van der Waals surface area contributed by atoms with E-state index in [0.29, 0.717) is 17.1 Å². The van der Waals surface area contributed by atoms with Crippen molar-refractivity contribution in [3.63, 3.8) is 0 Å². The number of hydrogen-bond acceptors (Lipinski definition) is 4. The van der Waals surface area contributed by atoms with Gasteiger partial charge in [0.05, 0.1) is 17.8 Å². The first-order valence-corrected chi connectivity index (χ1v) is 12.3. The smallest absolute Gasteiger partial charge is 0.216 e. The summed E-state index contributed by atoms with van der Waals surface area (Å²) in [5, 5.41) is 0. The van der Waals surface area contributed by atoms with E-state index in [1.807, 2.05) is 91.0 Å². The molecule has 2 atom stereocenters. The molecule has 33 heavy (non-hydrogen) atoms. The van der Waals surface area contributed by atoms with E-state index in [9.17, 15) is 8.42 Å². The van der Waals surface area contributed by atoms with E-state index in [0.717, 1.165) is 11.1 Å². The molecule has 0 aliphatic carbocycles. The van der Waals surface area contributed by atoms with Crippen LogP contribution < -0.4 is 15.2 Å². The second kappa shape index (κ2) is 10.4. The van der Waals surface area contributed by atoms with Gasteiger partial charge in [0.1, 0.15) is 11.5 Å². The van der Waals surface area contributed by atoms with Crippen LogP contribution in [0.3, 0.4) is 0 Å². The van der Waals surface area contributed by atoms with Crippen molar-refractivity contribution >= 4 is 10.0 Å². The fourth-order valence-electron chi connectivity index (χ4n) is 3.65. The van der Waals surface area contributed by atoms with Crippen LogP contribution in [0.5, 0.6) is 11.5 Å². The highest BCUT2D eigenvalue weighted by Gasteiger charge is 2.26. The molecule has 0 aromatic heterocycles. The van der Waals surface area contributed by atoms with E-state index in [-0.39, 0.29) is 5.75 Å². The van der Waals surface area contributed by atoms with Gasteiger partial charge in [-0.15, -0.1) is 0 Å². The molecule has 0 radical (unpaired) electrons. The predicted molar refractivity (Wildman–Crippen MR) is 131 cm³/mol. The Morgan fingerprint density at radius 1 is 0.697 bits per heavy atom. The normalized spacial score (nSPS) is 13.2. The first-order chi connectivity index (χ1) is 16.0. The van der Waals surface area contributed by atoms with Crippen LogP contribution in [0.4, 0.5) is 0 Å². The summed E-state index contributed by atoms with van der Waals surface area (Å²) < 4.78 is 35.0. The van der Waals surface area contributed by atoms with Gasteiger partial charge in [-0.2, -0.15) is 0 Å². The zero-order chi connectivity index (χ0) is 23.1. The predicted octanol–water partition coefficient (Wildman–Crippen LogP) is 5.34. The Hall–Kier alpha value is -3.45. The lowest BCUT2D eigenvalue weighted by Gasteiger charge is -2.26. The summed E-state index contributed by atoms with van der Waals surface area (Å²) >= 11 is 0. The third-order valence-electron chi connectivity index (χ3n) is 5.24. The Morgan fingerprint density at radius 3 is 1.88 bits per heavy atom. The quantitative estimate of drug-likeness (QED) is 0.355. The zero-order valence-corrected chi connectivity index (χ0v) is 18.9. The molecule has 4 aromatic rings. The van der Waals surface area contributed by atoms with E-state index in [1.165, 1.54) is 0 Å². The third kappa shape index (κ3) is 6.29. The second-order valence-electron chi connectivity index (χ2n) is 7.76. The highest BCUT2D eigenvalue weighted by atomic mass is 32.2. The molecule has 4 aromatic carbocycles. The van der Waals surface area contributed by atoms with Gasteiger partial charge in [-0.1, -0.05) is 91.0 Å². The van der Waals surface area contributed by atoms with Crippen molar-refractivity contribution in [1.82, 2.24) is 4.72 Å². The molecule has 2 unspecified atom stereocenters. The van der Waals surface area contributed by atoms with Crippen LogP contribution in [0.1, 0.15) is 28.8 Å². The lowest BCUT2D eigenvalue weighted by Crippen LogP contribution is -2.36. The number of nitrogens with one attached hydrogen (secondary N) is 1. The third-order valence-corrected chi connectivity index (χ3v) is 6.57. The molecule has 168 valence electrons. The Labute approximate surface area is 194 Å². The molecule has 0 aliphatic rings. The standard InChI is InChI=1S/C27H26N2O3S/c28-26(22-12-4-1-5-13-22)27(23-14-6-2-7-15-23)29-33(30,31)20-21-11-10-18-25(19-21)32-24-16-8-3-9-17-24/h1-19,26-27,29H,20,28H2. The van der Waals surface area contributed by atoms with Crippen molar-refractivity contribution in [3.05, 3.63) is 132 Å². The fourth-order valence-corrected chi connectivity index (χ4v) is 5.03. The maximum atomic E-state index is 13.2. The molecule has 0 amide bonds. The fraction of sp³-hybridized carbons (Fsp3) is 0.111. The van der Waals surface area contributed by atoms with Crippen molar-refractivity contribution in [2.24, 2.45) is 5.73 Å². The van der Waals surface area contributed by atoms with E-state index in [2.05, 4.69) is 4.72 Å². The number of para-hydroxylation sites is 1. The minimum atomic E-state index is -3.71. The van der Waals surface area contributed by atoms with E-state index < -0.39 is 22.1 Å². The summed E-state index contributed by atoms with van der Waals surface area (Å²) in [6.45, 7) is 0. The molecule has 5 nitrogen and oxygen atoms in total. The number of sulfonamides is 1. The molecule has 0 spiro atoms. The van der Waals surface area contributed by atoms with Crippen molar-refractivity contribution in [1.29, 1.82) is 0 Å². The summed E-state index contributed by atoms with van der Waals surface area (Å²) in [5.41, 5.74) is 8.81. The maximum Gasteiger partial charge on any atom is 0.216 e. The van der Waals surface area contributed by atoms with Gasteiger partial charge in [0.25, 0.3) is 0 Å². The summed E-state index contributed by atoms with van der Waals surface area (Å²) in [6.07, 6.45) is 0. The Kier molecular flexibility index (Phi) is 7.19. The molecule has 0 heterocycles. The summed E-state index contributed by atoms with van der Waals surface area (Å²) in [7, 11) is -3.71. The van der Waals surface area contributed by atoms with Crippen molar-refractivity contribution < 1.29 is 13.2 Å². The van der Waals surface area contributed by atoms with Gasteiger partial charge in [-0.3, -0.25) is 0 Å². The lowest BCUT2D eigenvalue weighted by molar-refractivity contribution is 0.482. The van der Waals surface area contributed by atoms with Crippen molar-refractivity contribution in [2.75, 3.05) is 0 Å². The molecule has 0 fully saturated rings. The van der Waals surface area contributed by atoms with Crippen LogP contribution in [0.15, 0.2) is 115 Å². The van der Waals surface area contributed by atoms with Crippen LogP contribution >= 0.6 is 0 Å². The maximum absolute atomic E-state index is 13.2. The average Bonchev–Trinajstić information content (AvgIpc) is 2.84. The first kappa shape index (κ1) is 22.7. The molecule has 0 saturated carbocycles. The molecular weight excluding hydrogens is 432 g/mol. The van der Waals surface area contributed by atoms with Crippen molar-refractivity contribution in [3.8, 4) is 11.5 Å². The summed E-state index contributed by atoms with van der Waals surface area (Å²) in [5.74, 6) is 1.08. The SMILES string of the molecule is NC(c1ccccc1)C(NS(=O)(=O)Cc1cccc(Oc2ccccc2)c1)c1ccccc1. The minimum absolute atomic E-state index is 0.191. The Bertz CT molecular complexity index is 1260. The number of nitrogens with two attached hydrogens (primary N) is 1. The molecule has 0 bridgehead atoms. The molecule has 0 aliphatic heterocycles. The zero-order valence-electron chi connectivity index (χ0n) is 18.0. The van der Waals surface area contributed by atoms with Gasteiger partial charge < -0.3 is 10.5 Å². The monoisotopic (exact) mass is 458 g/mol. The van der Waals surface area contributed by atoms with Gasteiger partial charge in [0, 0.05) is 0 Å². The highest BCUT2D eigenvalue weighted by molar-refractivity contribution is 7.88. The number of ether oxygens (including phenoxy) is 1. The van der Waals surface area contributed by atoms with Gasteiger partial charge >= 0.3 is 0 Å². The van der Waals surface area contributed by atoms with Crippen LogP contribution in [0.2, 0.25) is 0 Å². The Morgan fingerprint density at radius 2 is 1.24 bits per heavy atom. The first-order valence-electron chi connectivity index (χ1n) is 10.7. The van der Waals surface area contributed by atoms with E-state index >= 15 is 0 Å². The number of benzene rings is 4. The molecule has 4 rings (SSSR count). The topological polar surface area (TPSA) is 81.4 Å². The van der Waals surface area contributed by atoms with Crippen LogP contribution in [0, 0.1) is 0 Å². The van der Waals surface area contributed by atoms with Crippen LogP contribution in [0.25, 0.3) is 0 Å². The molecular formula is C27H26N2O3S. The number of hydrogen-bond donors (Lipinski definition) is 2.